The summed E-state index contributed by atoms with van der Waals surface area (Å²) in [7, 11) is 0. The molecule has 6 heavy (non-hydrogen) atoms. The predicted octanol–water partition coefficient (Wildman–Crippen LogP) is -2.72. The van der Waals surface area contributed by atoms with Gasteiger partial charge in [0.1, 0.15) is 0 Å². The molecule has 0 aromatic carbocycles. The molecule has 0 atom stereocenters. The first-order chi connectivity index (χ1) is 1.73. The molecule has 0 aliphatic rings. The minimum atomic E-state index is -1.50. The maximum absolute atomic E-state index is 8.36. The number of nitrogens with zero attached hydrogens (tertiary/aromatic N) is 1. The van der Waals surface area contributed by atoms with Gasteiger partial charge in [0.15, 0.2) is 17.4 Å². The van der Waals surface area contributed by atoms with Crippen molar-refractivity contribution in [3.05, 3.63) is 10.1 Å². The van der Waals surface area contributed by atoms with Crippen molar-refractivity contribution in [1.29, 1.82) is 0 Å². The molecular weight excluding hydrogens is 159 g/mol. The van der Waals surface area contributed by atoms with Crippen molar-refractivity contribution in [2.75, 3.05) is 0 Å². The number of rotatable bonds is 0. The van der Waals surface area contributed by atoms with Gasteiger partial charge in [-0.2, -0.15) is 0 Å². The zero-order valence-electron chi connectivity index (χ0n) is 1.71. The molecule has 0 aliphatic carbocycles. The van der Waals surface area contributed by atoms with E-state index < -0.39 is 5.09 Å². The summed E-state index contributed by atoms with van der Waals surface area (Å²) in [5.74, 6) is 0. The van der Waals surface area contributed by atoms with Gasteiger partial charge < -0.3 is 5.21 Å². The zero-order valence-corrected chi connectivity index (χ0v) is 1.71. The van der Waals surface area contributed by atoms with Crippen LogP contribution in [-0.4, -0.2) is 47.4 Å². The number of hydrogen-bond donors (Lipinski definition) is 1. The molecule has 0 radical (unpaired) electrons. The summed E-state index contributed by atoms with van der Waals surface area (Å²) < 4.78 is 0. The fourth-order valence-corrected chi connectivity index (χ4v) is 0. The average Bonchev–Trinajstić information content (AvgIpc) is 0.811. The molecule has 0 spiro atoms. The molecule has 0 fully saturated rings. The van der Waals surface area contributed by atoms with Crippen molar-refractivity contribution in [3.8, 4) is 0 Å². The molecule has 4 nitrogen and oxygen atoms in total. The normalized spacial score (nSPS) is 4.00. The van der Waals surface area contributed by atoms with Crippen molar-refractivity contribution in [1.82, 2.24) is 0 Å². The molecule has 0 amide bonds. The second kappa shape index (κ2) is 9.03. The van der Waals surface area contributed by atoms with Crippen LogP contribution in [0.4, 0.5) is 0 Å². The second-order valence-electron chi connectivity index (χ2n) is 0.238. The van der Waals surface area contributed by atoms with Crippen LogP contribution >= 0.6 is 0 Å². The van der Waals surface area contributed by atoms with Crippen LogP contribution in [0.3, 0.4) is 0 Å². The Balaban J connectivity index is -0.0000000450. The predicted molar refractivity (Wildman–Crippen MR) is 28.7 cm³/mol. The van der Waals surface area contributed by atoms with E-state index in [1.807, 2.05) is 0 Å². The summed E-state index contributed by atoms with van der Waals surface area (Å²) >= 11 is 0. The van der Waals surface area contributed by atoms with Gasteiger partial charge in [0, 0.05) is 0 Å². The van der Waals surface area contributed by atoms with E-state index >= 15 is 0 Å². The van der Waals surface area contributed by atoms with Crippen molar-refractivity contribution >= 4 is 37.2 Å². The molecular formula is H7AlGaNO3. The van der Waals surface area contributed by atoms with Crippen LogP contribution in [0.1, 0.15) is 0 Å². The maximum atomic E-state index is 8.36. The molecule has 0 rings (SSSR count). The van der Waals surface area contributed by atoms with E-state index in [-0.39, 0.29) is 37.2 Å². The first-order valence-corrected chi connectivity index (χ1v) is 0.565. The molecule has 0 bridgehead atoms. The van der Waals surface area contributed by atoms with Crippen LogP contribution in [0.2, 0.25) is 0 Å². The van der Waals surface area contributed by atoms with Crippen LogP contribution in [0.5, 0.6) is 0 Å². The Labute approximate surface area is 57.8 Å². The van der Waals surface area contributed by atoms with Crippen LogP contribution < -0.4 is 0 Å². The molecule has 36 valence electrons. The van der Waals surface area contributed by atoms with Crippen LogP contribution in [0, 0.1) is 10.1 Å². The monoisotopic (exact) mass is 165 g/mol. The first kappa shape index (κ1) is 16.2. The summed E-state index contributed by atoms with van der Waals surface area (Å²) in [4.78, 5) is 8.36. The van der Waals surface area contributed by atoms with E-state index in [2.05, 4.69) is 0 Å². The fraction of sp³-hybridized carbons (Fsp3) is 0. The van der Waals surface area contributed by atoms with Gasteiger partial charge in [0.25, 0.3) is 5.09 Å². The van der Waals surface area contributed by atoms with Gasteiger partial charge in [-0.05, 0) is 0 Å². The molecule has 0 heterocycles. The third-order valence-electron chi connectivity index (χ3n) is 0. The molecule has 0 aliphatic heterocycles. The Hall–Kier alpha value is 0.369. The van der Waals surface area contributed by atoms with Crippen LogP contribution in [0.25, 0.3) is 0 Å². The van der Waals surface area contributed by atoms with Gasteiger partial charge in [0.2, 0.25) is 0 Å². The van der Waals surface area contributed by atoms with Gasteiger partial charge in [-0.1, -0.05) is 0 Å². The van der Waals surface area contributed by atoms with Crippen molar-refractivity contribution in [2.45, 2.75) is 0 Å². The van der Waals surface area contributed by atoms with Crippen LogP contribution in [0.15, 0.2) is 0 Å². The van der Waals surface area contributed by atoms with Crippen molar-refractivity contribution < 1.29 is 10.3 Å². The molecule has 0 saturated carbocycles. The molecule has 0 saturated heterocycles. The van der Waals surface area contributed by atoms with E-state index in [1.165, 1.54) is 0 Å². The van der Waals surface area contributed by atoms with Crippen molar-refractivity contribution in [2.24, 2.45) is 0 Å². The molecule has 0 aromatic heterocycles. The third kappa shape index (κ3) is 364. The number of hydrogen-bond acceptors (Lipinski definition) is 2. The first-order valence-electron chi connectivity index (χ1n) is 0.565. The Morgan fingerprint density at radius 2 is 1.67 bits per heavy atom. The third-order valence-corrected chi connectivity index (χ3v) is 0. The summed E-state index contributed by atoms with van der Waals surface area (Å²) in [6, 6.07) is 0. The molecule has 1 N–H and O–H groups in total. The van der Waals surface area contributed by atoms with Gasteiger partial charge in [-0.3, -0.25) is 0 Å². The quantitative estimate of drug-likeness (QED) is 0.241. The summed E-state index contributed by atoms with van der Waals surface area (Å²) in [5.41, 5.74) is 0. The fourth-order valence-electron chi connectivity index (χ4n) is 0. The van der Waals surface area contributed by atoms with Gasteiger partial charge in [-0.25, -0.2) is 0 Å². The Morgan fingerprint density at radius 1 is 1.67 bits per heavy atom. The van der Waals surface area contributed by atoms with Gasteiger partial charge in [0.05, 0.1) is 0 Å². The van der Waals surface area contributed by atoms with Crippen molar-refractivity contribution in [3.63, 3.8) is 0 Å². The Kier molecular flexibility index (Phi) is 24.3. The van der Waals surface area contributed by atoms with E-state index in [9.17, 15) is 0 Å². The van der Waals surface area contributed by atoms with E-state index in [4.69, 9.17) is 15.3 Å². The summed E-state index contributed by atoms with van der Waals surface area (Å²) in [5, 5.41) is 13.6. The van der Waals surface area contributed by atoms with E-state index in [0.717, 1.165) is 0 Å². The molecule has 0 unspecified atom stereocenters. The van der Waals surface area contributed by atoms with Crippen LogP contribution in [-0.2, 0) is 0 Å². The average molecular weight is 166 g/mol. The second-order valence-corrected chi connectivity index (χ2v) is 0.238. The zero-order chi connectivity index (χ0) is 3.58. The topological polar surface area (TPSA) is 63.4 Å². The summed E-state index contributed by atoms with van der Waals surface area (Å²) in [6.45, 7) is 0. The Morgan fingerprint density at radius 3 is 1.67 bits per heavy atom. The van der Waals surface area contributed by atoms with Gasteiger partial charge >= 0.3 is 19.8 Å². The molecule has 6 heteroatoms. The van der Waals surface area contributed by atoms with E-state index in [1.54, 1.807) is 0 Å². The van der Waals surface area contributed by atoms with E-state index in [0.29, 0.717) is 0 Å². The minimum absolute atomic E-state index is 0. The standard InChI is InChI=1S/Al.Ga.HNO3.6H/c;;2-1(3)4;;;;;;/h;;(H,2,3,4);;;;;;. The summed E-state index contributed by atoms with van der Waals surface area (Å²) in [6.07, 6.45) is 0. The molecule has 0 aromatic rings. The Bertz CT molecular complexity index is 33.8. The SMILES string of the molecule is O=[N+]([O-])O.[AlH3].[GaH3]. The van der Waals surface area contributed by atoms with Gasteiger partial charge in [-0.15, -0.1) is 10.1 Å².